The first-order chi connectivity index (χ1) is 13.5. The van der Waals surface area contributed by atoms with Crippen molar-refractivity contribution < 1.29 is 25.0 Å². The van der Waals surface area contributed by atoms with Crippen LogP contribution in [-0.4, -0.2) is 44.5 Å². The molecule has 0 bridgehead atoms. The maximum Gasteiger partial charge on any atom is 0.0799 e. The van der Waals surface area contributed by atoms with Crippen molar-refractivity contribution in [2.24, 2.45) is 0 Å². The van der Waals surface area contributed by atoms with Gasteiger partial charge in [-0.3, -0.25) is 19.8 Å². The summed E-state index contributed by atoms with van der Waals surface area (Å²) >= 11 is 0. The molecule has 0 saturated heterocycles. The molecule has 3 N–H and O–H groups in total. The third kappa shape index (κ3) is 19.6. The zero-order chi connectivity index (χ0) is 21.0. The lowest BCUT2D eigenvalue weighted by molar-refractivity contribution is -0.347. The third-order valence-corrected chi connectivity index (χ3v) is 6.00. The van der Waals surface area contributed by atoms with Gasteiger partial charge >= 0.3 is 0 Å². The highest BCUT2D eigenvalue weighted by Crippen LogP contribution is 2.17. The molecule has 0 aliphatic rings. The van der Waals surface area contributed by atoms with Gasteiger partial charge in [0.1, 0.15) is 0 Å². The Morgan fingerprint density at radius 3 is 1.20 bits per heavy atom. The third-order valence-electron chi connectivity index (χ3n) is 6.00. The Bertz CT molecular complexity index is 327. The van der Waals surface area contributed by atoms with Gasteiger partial charge in [-0.1, -0.05) is 122 Å². The van der Waals surface area contributed by atoms with Gasteiger partial charge in [0, 0.05) is 6.54 Å². The highest BCUT2D eigenvalue weighted by atomic mass is 19.0. The van der Waals surface area contributed by atoms with Gasteiger partial charge in [0.05, 0.1) is 12.1 Å². The van der Waals surface area contributed by atoms with E-state index >= 15 is 0 Å². The van der Waals surface area contributed by atoms with Gasteiger partial charge in [0.2, 0.25) is 0 Å². The average Bonchev–Trinajstić information content (AvgIpc) is 2.69. The van der Waals surface area contributed by atoms with Crippen LogP contribution in [0.1, 0.15) is 130 Å². The van der Waals surface area contributed by atoms with Crippen LogP contribution < -0.4 is 0 Å². The number of hydroxylamine groups is 4. The molecule has 0 aliphatic heterocycles. The first kappa shape index (κ1) is 34.3. The van der Waals surface area contributed by atoms with Crippen LogP contribution in [0.4, 0.5) is 9.41 Å². The molecule has 2 unspecified atom stereocenters. The molecule has 0 aromatic carbocycles. The summed E-state index contributed by atoms with van der Waals surface area (Å²) in [6.07, 6.45) is 22.0. The van der Waals surface area contributed by atoms with E-state index in [0.717, 1.165) is 17.9 Å². The lowest BCUT2D eigenvalue weighted by Crippen LogP contribution is -2.47. The van der Waals surface area contributed by atoms with Gasteiger partial charge in [0.25, 0.3) is 0 Å². The fourth-order valence-corrected chi connectivity index (χ4v) is 3.94. The van der Waals surface area contributed by atoms with Crippen LogP contribution in [0.2, 0.25) is 0 Å². The Kier molecular flexibility index (Phi) is 28.5. The van der Waals surface area contributed by atoms with Crippen molar-refractivity contribution in [2.45, 2.75) is 142 Å². The van der Waals surface area contributed by atoms with Crippen LogP contribution in [0, 0.1) is 0 Å². The molecule has 186 valence electrons. The van der Waals surface area contributed by atoms with E-state index in [-0.39, 0.29) is 20.7 Å². The normalized spacial score (nSPS) is 13.2. The summed E-state index contributed by atoms with van der Waals surface area (Å²) in [4.78, 5) is 0. The van der Waals surface area contributed by atoms with Crippen LogP contribution >= 0.6 is 0 Å². The lowest BCUT2D eigenvalue weighted by Gasteiger charge is -2.31. The second-order valence-corrected chi connectivity index (χ2v) is 8.48. The molecule has 0 fully saturated rings. The first-order valence-electron chi connectivity index (χ1n) is 12.2. The van der Waals surface area contributed by atoms with Crippen LogP contribution in [0.5, 0.6) is 0 Å². The predicted octanol–water partition coefficient (Wildman–Crippen LogP) is 7.49. The Hall–Kier alpha value is -0.340. The zero-order valence-electron chi connectivity index (χ0n) is 19.9. The summed E-state index contributed by atoms with van der Waals surface area (Å²) in [6.45, 7) is 6.42. The zero-order valence-corrected chi connectivity index (χ0v) is 19.9. The Morgan fingerprint density at radius 1 is 0.567 bits per heavy atom. The second-order valence-electron chi connectivity index (χ2n) is 8.48. The number of likely N-dealkylation sites (N-methyl/N-ethyl adjacent to an activating group) is 1. The number of hydrogen-bond acceptors (Lipinski definition) is 5. The SMILES string of the molecule is CCCCCCCCCCCCCCCCCCC(C(C)N(O)CC)N(O)O.F.F. The minimum atomic E-state index is -0.448. The Morgan fingerprint density at radius 2 is 0.900 bits per heavy atom. The van der Waals surface area contributed by atoms with Crippen molar-refractivity contribution in [3.8, 4) is 0 Å². The fourth-order valence-electron chi connectivity index (χ4n) is 3.94. The van der Waals surface area contributed by atoms with E-state index < -0.39 is 6.04 Å². The van der Waals surface area contributed by atoms with Gasteiger partial charge < -0.3 is 5.21 Å². The molecule has 7 heteroatoms. The van der Waals surface area contributed by atoms with Crippen molar-refractivity contribution in [1.82, 2.24) is 10.3 Å². The number of hydrogen-bond donors (Lipinski definition) is 3. The highest BCUT2D eigenvalue weighted by molar-refractivity contribution is 4.74. The van der Waals surface area contributed by atoms with Crippen LogP contribution in [0.3, 0.4) is 0 Å². The van der Waals surface area contributed by atoms with E-state index in [1.165, 1.54) is 89.9 Å². The summed E-state index contributed by atoms with van der Waals surface area (Å²) in [5.41, 5.74) is 0. The summed E-state index contributed by atoms with van der Waals surface area (Å²) in [7, 11) is 0. The standard InChI is InChI=1S/C23H50N2O3.2FH/c1-4-6-7-8-9-10-11-12-13-14-15-16-17-18-19-20-21-23(25(27)28)22(3)24(26)5-2;;/h22-23,26-28H,4-21H2,1-3H3;2*1H. The molecule has 5 nitrogen and oxygen atoms in total. The molecule has 0 amide bonds. The van der Waals surface area contributed by atoms with Crippen LogP contribution in [0.25, 0.3) is 0 Å². The van der Waals surface area contributed by atoms with Gasteiger partial charge in [-0.15, -0.1) is 0 Å². The molecule has 0 aromatic heterocycles. The van der Waals surface area contributed by atoms with Crippen molar-refractivity contribution in [3.63, 3.8) is 0 Å². The summed E-state index contributed by atoms with van der Waals surface area (Å²) in [6, 6.07) is -0.743. The monoisotopic (exact) mass is 442 g/mol. The molecule has 0 aliphatic carbocycles. The molecular formula is C23H52F2N2O3. The maximum atomic E-state index is 9.77. The van der Waals surface area contributed by atoms with Gasteiger partial charge in [0.15, 0.2) is 0 Å². The first-order valence-corrected chi connectivity index (χ1v) is 12.2. The molecule has 0 radical (unpaired) electrons. The minimum absolute atomic E-state index is 0. The van der Waals surface area contributed by atoms with Crippen molar-refractivity contribution >= 4 is 0 Å². The smallest absolute Gasteiger partial charge is 0.0799 e. The molecular weight excluding hydrogens is 390 g/mol. The van der Waals surface area contributed by atoms with E-state index in [9.17, 15) is 15.6 Å². The summed E-state index contributed by atoms with van der Waals surface area (Å²) < 4.78 is 0. The predicted molar refractivity (Wildman–Crippen MR) is 122 cm³/mol. The molecule has 30 heavy (non-hydrogen) atoms. The quantitative estimate of drug-likeness (QED) is 0.127. The number of unbranched alkanes of at least 4 members (excludes halogenated alkanes) is 15. The summed E-state index contributed by atoms with van der Waals surface area (Å²) in [5.74, 6) is 0. The summed E-state index contributed by atoms with van der Waals surface area (Å²) in [5, 5.41) is 30.0. The minimum Gasteiger partial charge on any atom is -0.314 e. The molecule has 0 rings (SSSR count). The van der Waals surface area contributed by atoms with Gasteiger partial charge in [-0.25, -0.2) is 0 Å². The lowest BCUT2D eigenvalue weighted by atomic mass is 10.0. The second kappa shape index (κ2) is 24.9. The van der Waals surface area contributed by atoms with Crippen molar-refractivity contribution in [3.05, 3.63) is 0 Å². The van der Waals surface area contributed by atoms with E-state index in [0.29, 0.717) is 13.0 Å². The molecule has 2 atom stereocenters. The Labute approximate surface area is 184 Å². The van der Waals surface area contributed by atoms with Crippen LogP contribution in [-0.2, 0) is 0 Å². The Balaban J connectivity index is -0.00000364. The molecule has 0 spiro atoms. The fraction of sp³-hybridized carbons (Fsp3) is 1.00. The number of halogens is 2. The van der Waals surface area contributed by atoms with Crippen LogP contribution in [0.15, 0.2) is 0 Å². The van der Waals surface area contributed by atoms with Crippen molar-refractivity contribution in [1.29, 1.82) is 0 Å². The highest BCUT2D eigenvalue weighted by Gasteiger charge is 2.25. The average molecular weight is 443 g/mol. The van der Waals surface area contributed by atoms with E-state index in [4.69, 9.17) is 0 Å². The number of nitrogens with zero attached hydrogens (tertiary/aromatic N) is 2. The van der Waals surface area contributed by atoms with E-state index in [1.54, 1.807) is 0 Å². The number of rotatable bonds is 21. The van der Waals surface area contributed by atoms with Gasteiger partial charge in [-0.05, 0) is 13.3 Å². The molecule has 0 heterocycles. The van der Waals surface area contributed by atoms with E-state index in [2.05, 4.69) is 6.92 Å². The molecule has 0 saturated carbocycles. The largest absolute Gasteiger partial charge is 0.314 e. The molecule has 0 aromatic rings. The topological polar surface area (TPSA) is 67.2 Å². The van der Waals surface area contributed by atoms with E-state index in [1.807, 2.05) is 13.8 Å². The maximum absolute atomic E-state index is 9.77. The van der Waals surface area contributed by atoms with Crippen molar-refractivity contribution in [2.75, 3.05) is 6.54 Å². The van der Waals surface area contributed by atoms with Gasteiger partial charge in [-0.2, -0.15) is 5.06 Å².